The van der Waals surface area contributed by atoms with E-state index in [0.29, 0.717) is 12.1 Å². The van der Waals surface area contributed by atoms with E-state index in [-0.39, 0.29) is 0 Å². The van der Waals surface area contributed by atoms with Gasteiger partial charge in [0.25, 0.3) is 0 Å². The van der Waals surface area contributed by atoms with Crippen LogP contribution in [0, 0.1) is 11.8 Å². The molecule has 1 aromatic heterocycles. The van der Waals surface area contributed by atoms with Gasteiger partial charge in [0.2, 0.25) is 0 Å². The van der Waals surface area contributed by atoms with E-state index in [2.05, 4.69) is 48.8 Å². The molecule has 3 nitrogen and oxygen atoms in total. The molecule has 3 atom stereocenters. The van der Waals surface area contributed by atoms with Crippen LogP contribution in [0.15, 0.2) is 12.4 Å². The second-order valence-corrected chi connectivity index (χ2v) is 6.95. The minimum atomic E-state index is 0.585. The van der Waals surface area contributed by atoms with Crippen molar-refractivity contribution in [1.82, 2.24) is 14.9 Å². The third kappa shape index (κ3) is 4.09. The first-order chi connectivity index (χ1) is 10.2. The molecule has 0 bridgehead atoms. The summed E-state index contributed by atoms with van der Waals surface area (Å²) in [5.74, 6) is 2.92. The van der Waals surface area contributed by atoms with Gasteiger partial charge < -0.3 is 9.88 Å². The highest BCUT2D eigenvalue weighted by molar-refractivity contribution is 5.00. The van der Waals surface area contributed by atoms with E-state index >= 15 is 0 Å². The summed E-state index contributed by atoms with van der Waals surface area (Å²) in [6, 6.07) is 1.20. The molecule has 1 N–H and O–H groups in total. The second kappa shape index (κ2) is 7.98. The largest absolute Gasteiger partial charge is 0.330 e. The van der Waals surface area contributed by atoms with Crippen molar-refractivity contribution in [1.29, 1.82) is 0 Å². The van der Waals surface area contributed by atoms with Gasteiger partial charge in [0, 0.05) is 24.9 Å². The molecule has 1 fully saturated rings. The molecule has 1 aliphatic carbocycles. The quantitative estimate of drug-likeness (QED) is 0.816. The molecule has 1 aromatic rings. The molecule has 1 heterocycles. The zero-order valence-electron chi connectivity index (χ0n) is 14.3. The number of nitrogens with zero attached hydrogens (tertiary/aromatic N) is 2. The lowest BCUT2D eigenvalue weighted by molar-refractivity contribution is 0.169. The maximum atomic E-state index is 4.60. The summed E-state index contributed by atoms with van der Waals surface area (Å²) >= 11 is 0. The van der Waals surface area contributed by atoms with Crippen molar-refractivity contribution in [3.8, 4) is 0 Å². The van der Waals surface area contributed by atoms with Crippen LogP contribution in [0.3, 0.4) is 0 Å². The molecule has 2 rings (SSSR count). The number of hydrogen-bond acceptors (Lipinski definition) is 2. The standard InChI is InChI=1S/C18H33N3/c1-5-7-18-20-11-12-21(18)17-13-15(14(3)4)8-9-16(17)19-10-6-2/h11-12,14-17,19H,5-10,13H2,1-4H3. The van der Waals surface area contributed by atoms with Crippen molar-refractivity contribution < 1.29 is 0 Å². The molecule has 3 unspecified atom stereocenters. The summed E-state index contributed by atoms with van der Waals surface area (Å²) in [4.78, 5) is 4.60. The fourth-order valence-electron chi connectivity index (χ4n) is 3.72. The number of rotatable bonds is 7. The second-order valence-electron chi connectivity index (χ2n) is 6.95. The predicted octanol–water partition coefficient (Wildman–Crippen LogP) is 4.20. The number of aromatic nitrogens is 2. The Hall–Kier alpha value is -0.830. The monoisotopic (exact) mass is 291 g/mol. The van der Waals surface area contributed by atoms with Crippen LogP contribution < -0.4 is 5.32 Å². The molecule has 0 spiro atoms. The Morgan fingerprint density at radius 1 is 1.29 bits per heavy atom. The van der Waals surface area contributed by atoms with Crippen molar-refractivity contribution in [3.05, 3.63) is 18.2 Å². The van der Waals surface area contributed by atoms with E-state index in [1.807, 2.05) is 6.20 Å². The summed E-state index contributed by atoms with van der Waals surface area (Å²) < 4.78 is 2.48. The van der Waals surface area contributed by atoms with Crippen molar-refractivity contribution in [2.24, 2.45) is 11.8 Å². The maximum Gasteiger partial charge on any atom is 0.108 e. The molecular weight excluding hydrogens is 258 g/mol. The zero-order valence-corrected chi connectivity index (χ0v) is 14.3. The minimum Gasteiger partial charge on any atom is -0.330 e. The van der Waals surface area contributed by atoms with E-state index < -0.39 is 0 Å². The van der Waals surface area contributed by atoms with Gasteiger partial charge in [-0.15, -0.1) is 0 Å². The highest BCUT2D eigenvalue weighted by Gasteiger charge is 2.33. The van der Waals surface area contributed by atoms with Gasteiger partial charge in [0.15, 0.2) is 0 Å². The number of nitrogens with one attached hydrogen (secondary N) is 1. The summed E-state index contributed by atoms with van der Waals surface area (Å²) in [5, 5.41) is 3.79. The molecule has 0 radical (unpaired) electrons. The first-order valence-electron chi connectivity index (χ1n) is 8.92. The van der Waals surface area contributed by atoms with Gasteiger partial charge >= 0.3 is 0 Å². The molecule has 120 valence electrons. The molecule has 0 saturated heterocycles. The molecular formula is C18H33N3. The van der Waals surface area contributed by atoms with Crippen molar-refractivity contribution in [2.45, 2.75) is 78.3 Å². The SMILES string of the molecule is CCCNC1CCC(C(C)C)CC1n1ccnc1CCC. The van der Waals surface area contributed by atoms with Crippen LogP contribution in [0.4, 0.5) is 0 Å². The topological polar surface area (TPSA) is 29.9 Å². The van der Waals surface area contributed by atoms with Crippen LogP contribution in [-0.2, 0) is 6.42 Å². The zero-order chi connectivity index (χ0) is 15.2. The highest BCUT2D eigenvalue weighted by atomic mass is 15.1. The van der Waals surface area contributed by atoms with Crippen LogP contribution >= 0.6 is 0 Å². The smallest absolute Gasteiger partial charge is 0.108 e. The lowest BCUT2D eigenvalue weighted by Gasteiger charge is -2.39. The van der Waals surface area contributed by atoms with E-state index in [0.717, 1.165) is 24.8 Å². The third-order valence-corrected chi connectivity index (χ3v) is 5.04. The summed E-state index contributed by atoms with van der Waals surface area (Å²) in [6.07, 6.45) is 11.6. The predicted molar refractivity (Wildman–Crippen MR) is 89.5 cm³/mol. The fourth-order valence-corrected chi connectivity index (χ4v) is 3.72. The van der Waals surface area contributed by atoms with Crippen LogP contribution in [0.25, 0.3) is 0 Å². The average Bonchev–Trinajstić information content (AvgIpc) is 2.93. The van der Waals surface area contributed by atoms with Crippen molar-refractivity contribution in [2.75, 3.05) is 6.54 Å². The molecule has 1 aliphatic rings. The molecule has 3 heteroatoms. The first-order valence-corrected chi connectivity index (χ1v) is 8.92. The summed E-state index contributed by atoms with van der Waals surface area (Å²) in [6.45, 7) is 10.4. The van der Waals surface area contributed by atoms with E-state index in [9.17, 15) is 0 Å². The van der Waals surface area contributed by atoms with Gasteiger partial charge in [0.1, 0.15) is 5.82 Å². The lowest BCUT2D eigenvalue weighted by atomic mass is 9.76. The van der Waals surface area contributed by atoms with Crippen LogP contribution in [0.2, 0.25) is 0 Å². The van der Waals surface area contributed by atoms with Crippen LogP contribution in [0.5, 0.6) is 0 Å². The Morgan fingerprint density at radius 3 is 2.76 bits per heavy atom. The average molecular weight is 291 g/mol. The Morgan fingerprint density at radius 2 is 2.10 bits per heavy atom. The van der Waals surface area contributed by atoms with Crippen LogP contribution in [0.1, 0.15) is 71.7 Å². The third-order valence-electron chi connectivity index (χ3n) is 5.04. The minimum absolute atomic E-state index is 0.585. The number of imidazole rings is 1. The Labute approximate surface area is 130 Å². The number of aryl methyl sites for hydroxylation is 1. The van der Waals surface area contributed by atoms with Gasteiger partial charge in [-0.25, -0.2) is 4.98 Å². The van der Waals surface area contributed by atoms with E-state index in [1.54, 1.807) is 0 Å². The van der Waals surface area contributed by atoms with Gasteiger partial charge in [0.05, 0.1) is 6.04 Å². The van der Waals surface area contributed by atoms with E-state index in [1.165, 1.54) is 37.9 Å². The molecule has 0 amide bonds. The lowest BCUT2D eigenvalue weighted by Crippen LogP contribution is -2.43. The number of hydrogen-bond donors (Lipinski definition) is 1. The summed E-state index contributed by atoms with van der Waals surface area (Å²) in [7, 11) is 0. The molecule has 21 heavy (non-hydrogen) atoms. The van der Waals surface area contributed by atoms with Gasteiger partial charge in [-0.1, -0.05) is 27.7 Å². The first kappa shape index (κ1) is 16.5. The Kier molecular flexibility index (Phi) is 6.28. The molecule has 0 aliphatic heterocycles. The van der Waals surface area contributed by atoms with Crippen LogP contribution in [-0.4, -0.2) is 22.1 Å². The van der Waals surface area contributed by atoms with Crippen molar-refractivity contribution in [3.63, 3.8) is 0 Å². The highest BCUT2D eigenvalue weighted by Crippen LogP contribution is 2.37. The fraction of sp³-hybridized carbons (Fsp3) is 0.833. The Bertz CT molecular complexity index is 410. The van der Waals surface area contributed by atoms with E-state index in [4.69, 9.17) is 0 Å². The van der Waals surface area contributed by atoms with Gasteiger partial charge in [-0.3, -0.25) is 0 Å². The molecule has 0 aromatic carbocycles. The van der Waals surface area contributed by atoms with Crippen molar-refractivity contribution >= 4 is 0 Å². The maximum absolute atomic E-state index is 4.60. The summed E-state index contributed by atoms with van der Waals surface area (Å²) in [5.41, 5.74) is 0. The Balaban J connectivity index is 2.17. The molecule has 1 saturated carbocycles. The van der Waals surface area contributed by atoms with Gasteiger partial charge in [-0.05, 0) is 50.5 Å². The normalized spacial score (nSPS) is 26.4. The van der Waals surface area contributed by atoms with Gasteiger partial charge in [-0.2, -0.15) is 0 Å².